The average Bonchev–Trinajstić information content (AvgIpc) is 2.83. The van der Waals surface area contributed by atoms with Gasteiger partial charge in [-0.05, 0) is 35.4 Å². The summed E-state index contributed by atoms with van der Waals surface area (Å²) in [6.45, 7) is 0. The molecule has 2 atom stereocenters. The van der Waals surface area contributed by atoms with E-state index in [1.807, 2.05) is 85.2 Å². The third kappa shape index (κ3) is 5.11. The van der Waals surface area contributed by atoms with E-state index in [2.05, 4.69) is 34.2 Å². The van der Waals surface area contributed by atoms with Crippen LogP contribution in [-0.4, -0.2) is 22.4 Å². The number of aliphatic imine (C=N–C) groups is 2. The predicted molar refractivity (Wildman–Crippen MR) is 122 cm³/mol. The molecule has 0 saturated carbocycles. The Morgan fingerprint density at radius 1 is 0.500 bits per heavy atom. The number of hydrogen-bond donors (Lipinski definition) is 0. The number of pyridine rings is 2. The van der Waals surface area contributed by atoms with Gasteiger partial charge in [-0.1, -0.05) is 72.8 Å². The number of nitrogens with zero attached hydrogens (tertiary/aromatic N) is 4. The van der Waals surface area contributed by atoms with Crippen LogP contribution in [-0.2, 0) is 0 Å². The van der Waals surface area contributed by atoms with Gasteiger partial charge in [0.1, 0.15) is 12.1 Å². The number of aromatic nitrogens is 2. The summed E-state index contributed by atoms with van der Waals surface area (Å²) in [6, 6.07) is 31.7. The predicted octanol–water partition coefficient (Wildman–Crippen LogP) is 5.50. The highest BCUT2D eigenvalue weighted by Crippen LogP contribution is 2.35. The fraction of sp³-hybridized carbons (Fsp3) is 0.0769. The minimum Gasteiger partial charge on any atom is -0.280 e. The smallest absolute Gasteiger partial charge is 0.101 e. The molecule has 2 aromatic carbocycles. The van der Waals surface area contributed by atoms with Gasteiger partial charge in [0.05, 0.1) is 11.4 Å². The summed E-state index contributed by atoms with van der Waals surface area (Å²) in [5.41, 5.74) is 3.83. The first kappa shape index (κ1) is 19.4. The van der Waals surface area contributed by atoms with Gasteiger partial charge < -0.3 is 0 Å². The van der Waals surface area contributed by atoms with Crippen molar-refractivity contribution in [1.82, 2.24) is 9.97 Å². The summed E-state index contributed by atoms with van der Waals surface area (Å²) in [5.74, 6) is 0. The summed E-state index contributed by atoms with van der Waals surface area (Å²) in [5, 5.41) is 0. The number of hydrogen-bond acceptors (Lipinski definition) is 4. The van der Waals surface area contributed by atoms with Gasteiger partial charge in [0.2, 0.25) is 0 Å². The maximum absolute atomic E-state index is 4.93. The van der Waals surface area contributed by atoms with Crippen LogP contribution in [0.4, 0.5) is 0 Å². The molecule has 0 saturated heterocycles. The molecule has 0 bridgehead atoms. The highest BCUT2D eigenvalue weighted by molar-refractivity contribution is 5.78. The molecule has 4 nitrogen and oxygen atoms in total. The first-order valence-corrected chi connectivity index (χ1v) is 9.88. The van der Waals surface area contributed by atoms with Crippen molar-refractivity contribution in [3.63, 3.8) is 0 Å². The molecule has 2 aromatic heterocycles. The normalized spacial score (nSPS) is 13.5. The largest absolute Gasteiger partial charge is 0.280 e. The van der Waals surface area contributed by atoms with Crippen LogP contribution in [0.3, 0.4) is 0 Å². The second kappa shape index (κ2) is 10.0. The molecule has 0 unspecified atom stereocenters. The zero-order valence-electron chi connectivity index (χ0n) is 16.5. The van der Waals surface area contributed by atoms with Crippen molar-refractivity contribution in [2.75, 3.05) is 0 Å². The van der Waals surface area contributed by atoms with Gasteiger partial charge in [-0.2, -0.15) is 0 Å². The van der Waals surface area contributed by atoms with Crippen LogP contribution >= 0.6 is 0 Å². The molecule has 146 valence electrons. The van der Waals surface area contributed by atoms with Crippen LogP contribution in [0.1, 0.15) is 34.6 Å². The standard InChI is InChI=1S/C26H22N4/c1-3-11-21(12-4-1)25(29-19-23-15-7-9-17-27-23)26(22-13-5-2-6-14-22)30-20-24-16-8-10-18-28-24/h1-20,25-26H/t25-,26+. The molecule has 0 aliphatic heterocycles. The van der Waals surface area contributed by atoms with Crippen molar-refractivity contribution in [3.8, 4) is 0 Å². The van der Waals surface area contributed by atoms with Crippen molar-refractivity contribution in [2.24, 2.45) is 9.98 Å². The van der Waals surface area contributed by atoms with Gasteiger partial charge in [-0.3, -0.25) is 20.0 Å². The maximum atomic E-state index is 4.93. The van der Waals surface area contributed by atoms with E-state index in [9.17, 15) is 0 Å². The Balaban J connectivity index is 1.76. The van der Waals surface area contributed by atoms with E-state index in [-0.39, 0.29) is 12.1 Å². The molecule has 30 heavy (non-hydrogen) atoms. The highest BCUT2D eigenvalue weighted by atomic mass is 14.9. The fourth-order valence-electron chi connectivity index (χ4n) is 3.22. The minimum atomic E-state index is -0.199. The van der Waals surface area contributed by atoms with Crippen LogP contribution < -0.4 is 0 Å². The summed E-state index contributed by atoms with van der Waals surface area (Å²) in [6.07, 6.45) is 7.19. The third-order valence-electron chi connectivity index (χ3n) is 4.69. The quantitative estimate of drug-likeness (QED) is 0.391. The van der Waals surface area contributed by atoms with E-state index < -0.39 is 0 Å². The SMILES string of the molecule is C(=N[C@H](c1ccccc1)[C@@H](N=Cc1ccccn1)c1ccccc1)c1ccccn1. The van der Waals surface area contributed by atoms with Gasteiger partial charge >= 0.3 is 0 Å². The lowest BCUT2D eigenvalue weighted by atomic mass is 9.94. The molecule has 0 radical (unpaired) electrons. The summed E-state index contributed by atoms with van der Waals surface area (Å²) in [7, 11) is 0. The Kier molecular flexibility index (Phi) is 6.48. The summed E-state index contributed by atoms with van der Waals surface area (Å²) in [4.78, 5) is 18.6. The molecule has 4 rings (SSSR count). The first-order chi connectivity index (χ1) is 14.9. The second-order valence-corrected chi connectivity index (χ2v) is 6.78. The van der Waals surface area contributed by atoms with E-state index in [0.717, 1.165) is 22.5 Å². The lowest BCUT2D eigenvalue weighted by molar-refractivity contribution is 0.583. The fourth-order valence-corrected chi connectivity index (χ4v) is 3.22. The van der Waals surface area contributed by atoms with Crippen LogP contribution in [0.2, 0.25) is 0 Å². The van der Waals surface area contributed by atoms with Gasteiger partial charge in [0, 0.05) is 24.8 Å². The third-order valence-corrected chi connectivity index (χ3v) is 4.69. The van der Waals surface area contributed by atoms with Crippen molar-refractivity contribution in [1.29, 1.82) is 0 Å². The lowest BCUT2D eigenvalue weighted by Crippen LogP contribution is -2.09. The van der Waals surface area contributed by atoms with E-state index in [1.54, 1.807) is 12.4 Å². The van der Waals surface area contributed by atoms with Gasteiger partial charge in [0.25, 0.3) is 0 Å². The van der Waals surface area contributed by atoms with Crippen LogP contribution in [0.5, 0.6) is 0 Å². The van der Waals surface area contributed by atoms with Crippen LogP contribution in [0.25, 0.3) is 0 Å². The Labute approximate surface area is 176 Å². The van der Waals surface area contributed by atoms with Crippen LogP contribution in [0.15, 0.2) is 119 Å². The molecule has 0 N–H and O–H groups in total. The van der Waals surface area contributed by atoms with Crippen LogP contribution in [0, 0.1) is 0 Å². The van der Waals surface area contributed by atoms with E-state index in [4.69, 9.17) is 9.98 Å². The van der Waals surface area contributed by atoms with Crippen molar-refractivity contribution in [3.05, 3.63) is 132 Å². The molecule has 4 heteroatoms. The second-order valence-electron chi connectivity index (χ2n) is 6.78. The molecule has 4 aromatic rings. The number of benzene rings is 2. The topological polar surface area (TPSA) is 50.5 Å². The monoisotopic (exact) mass is 390 g/mol. The Bertz CT molecular complexity index is 988. The zero-order chi connectivity index (χ0) is 20.4. The number of rotatable bonds is 7. The Hall–Kier alpha value is -3.92. The molecule has 2 heterocycles. The molecular formula is C26H22N4. The van der Waals surface area contributed by atoms with Gasteiger partial charge in [-0.25, -0.2) is 0 Å². The Morgan fingerprint density at radius 3 is 1.27 bits per heavy atom. The highest BCUT2D eigenvalue weighted by Gasteiger charge is 2.23. The lowest BCUT2D eigenvalue weighted by Gasteiger charge is -2.22. The zero-order valence-corrected chi connectivity index (χ0v) is 16.5. The first-order valence-electron chi connectivity index (χ1n) is 9.88. The average molecular weight is 390 g/mol. The molecule has 0 fully saturated rings. The molecule has 0 aliphatic carbocycles. The maximum Gasteiger partial charge on any atom is 0.101 e. The molecular weight excluding hydrogens is 368 g/mol. The Morgan fingerprint density at radius 2 is 0.900 bits per heavy atom. The molecule has 0 aliphatic rings. The van der Waals surface area contributed by atoms with E-state index in [1.165, 1.54) is 0 Å². The van der Waals surface area contributed by atoms with Gasteiger partial charge in [-0.15, -0.1) is 0 Å². The van der Waals surface area contributed by atoms with Crippen molar-refractivity contribution >= 4 is 12.4 Å². The van der Waals surface area contributed by atoms with Crippen molar-refractivity contribution in [2.45, 2.75) is 12.1 Å². The van der Waals surface area contributed by atoms with E-state index in [0.29, 0.717) is 0 Å². The van der Waals surface area contributed by atoms with Crippen molar-refractivity contribution < 1.29 is 0 Å². The summed E-state index contributed by atoms with van der Waals surface area (Å²) < 4.78 is 0. The molecule has 0 spiro atoms. The van der Waals surface area contributed by atoms with Gasteiger partial charge in [0.15, 0.2) is 0 Å². The van der Waals surface area contributed by atoms with E-state index >= 15 is 0 Å². The molecule has 0 amide bonds. The minimum absolute atomic E-state index is 0.199. The summed E-state index contributed by atoms with van der Waals surface area (Å²) >= 11 is 0.